The van der Waals surface area contributed by atoms with Crippen LogP contribution in [0.15, 0.2) is 47.6 Å². The average Bonchev–Trinajstić information content (AvgIpc) is 2.66. The van der Waals surface area contributed by atoms with Crippen LogP contribution in [0.3, 0.4) is 0 Å². The van der Waals surface area contributed by atoms with Gasteiger partial charge in [0, 0.05) is 22.7 Å². The summed E-state index contributed by atoms with van der Waals surface area (Å²) in [5.41, 5.74) is 2.54. The molecule has 0 aliphatic rings. The minimum Gasteiger partial charge on any atom is -0.482 e. The first-order valence-corrected chi connectivity index (χ1v) is 8.51. The van der Waals surface area contributed by atoms with Gasteiger partial charge in [0.25, 0.3) is 17.5 Å². The van der Waals surface area contributed by atoms with Crippen LogP contribution in [-0.4, -0.2) is 36.1 Å². The van der Waals surface area contributed by atoms with Crippen molar-refractivity contribution in [3.05, 3.63) is 68.2 Å². The lowest BCUT2D eigenvalue weighted by atomic mass is 10.2. The van der Waals surface area contributed by atoms with Gasteiger partial charge in [-0.05, 0) is 18.2 Å². The SMILES string of the molecule is O=C(COc1ccc(Cl)cc1Cl)NCC(=O)N/N=C/c1cccc([N+](=O)[O-])c1. The molecule has 0 saturated carbocycles. The first-order valence-electron chi connectivity index (χ1n) is 7.76. The molecular weight excluding hydrogens is 411 g/mol. The highest BCUT2D eigenvalue weighted by Crippen LogP contribution is 2.27. The molecule has 0 saturated heterocycles. The Labute approximate surface area is 169 Å². The summed E-state index contributed by atoms with van der Waals surface area (Å²) in [7, 11) is 0. The molecule has 0 unspecified atom stereocenters. The molecule has 2 rings (SSSR count). The topological polar surface area (TPSA) is 123 Å². The van der Waals surface area contributed by atoms with Crippen molar-refractivity contribution >= 4 is 46.9 Å². The number of carbonyl (C=O) groups is 2. The van der Waals surface area contributed by atoms with Crippen molar-refractivity contribution in [3.8, 4) is 5.75 Å². The lowest BCUT2D eigenvalue weighted by Crippen LogP contribution is -2.37. The molecule has 0 spiro atoms. The van der Waals surface area contributed by atoms with Crippen LogP contribution in [0.2, 0.25) is 10.0 Å². The molecule has 0 aliphatic carbocycles. The number of rotatable bonds is 8. The van der Waals surface area contributed by atoms with Crippen molar-refractivity contribution in [1.82, 2.24) is 10.7 Å². The number of nitro benzene ring substituents is 1. The van der Waals surface area contributed by atoms with E-state index >= 15 is 0 Å². The zero-order chi connectivity index (χ0) is 20.5. The molecule has 2 amide bonds. The zero-order valence-electron chi connectivity index (χ0n) is 14.2. The number of hydrogen-bond acceptors (Lipinski definition) is 6. The highest BCUT2D eigenvalue weighted by molar-refractivity contribution is 6.35. The van der Waals surface area contributed by atoms with Gasteiger partial charge in [0.15, 0.2) is 6.61 Å². The summed E-state index contributed by atoms with van der Waals surface area (Å²) in [6.45, 7) is -0.672. The van der Waals surface area contributed by atoms with Gasteiger partial charge < -0.3 is 10.1 Å². The third kappa shape index (κ3) is 6.86. The predicted molar refractivity (Wildman–Crippen MR) is 104 cm³/mol. The molecule has 2 aromatic rings. The molecule has 0 aliphatic heterocycles. The Morgan fingerprint density at radius 3 is 2.68 bits per heavy atom. The van der Waals surface area contributed by atoms with Crippen molar-refractivity contribution < 1.29 is 19.2 Å². The Hall–Kier alpha value is -3.17. The monoisotopic (exact) mass is 424 g/mol. The summed E-state index contributed by atoms with van der Waals surface area (Å²) in [5, 5.41) is 17.4. The lowest BCUT2D eigenvalue weighted by Gasteiger charge is -2.08. The van der Waals surface area contributed by atoms with Crippen molar-refractivity contribution in [2.75, 3.05) is 13.2 Å². The first kappa shape index (κ1) is 21.1. The van der Waals surface area contributed by atoms with Crippen LogP contribution < -0.4 is 15.5 Å². The van der Waals surface area contributed by atoms with Crippen LogP contribution in [0.1, 0.15) is 5.56 Å². The Kier molecular flexibility index (Phi) is 7.73. The molecule has 146 valence electrons. The van der Waals surface area contributed by atoms with Gasteiger partial charge >= 0.3 is 0 Å². The summed E-state index contributed by atoms with van der Waals surface area (Å²) in [5.74, 6) is -0.837. The number of nitrogens with one attached hydrogen (secondary N) is 2. The Bertz CT molecular complexity index is 920. The molecule has 0 fully saturated rings. The fourth-order valence-electron chi connectivity index (χ4n) is 1.90. The highest BCUT2D eigenvalue weighted by Gasteiger charge is 2.08. The quantitative estimate of drug-likeness (QED) is 0.382. The Morgan fingerprint density at radius 2 is 1.96 bits per heavy atom. The molecule has 0 radical (unpaired) electrons. The van der Waals surface area contributed by atoms with Gasteiger partial charge in [-0.1, -0.05) is 35.3 Å². The van der Waals surface area contributed by atoms with Gasteiger partial charge in [-0.25, -0.2) is 5.43 Å². The van der Waals surface area contributed by atoms with E-state index in [1.54, 1.807) is 12.1 Å². The number of benzene rings is 2. The maximum absolute atomic E-state index is 11.7. The number of hydrazone groups is 1. The summed E-state index contributed by atoms with van der Waals surface area (Å²) < 4.78 is 5.24. The second-order valence-electron chi connectivity index (χ2n) is 5.29. The fourth-order valence-corrected chi connectivity index (χ4v) is 2.37. The molecule has 0 bridgehead atoms. The van der Waals surface area contributed by atoms with Crippen molar-refractivity contribution in [2.45, 2.75) is 0 Å². The van der Waals surface area contributed by atoms with Gasteiger partial charge in [0.05, 0.1) is 22.7 Å². The van der Waals surface area contributed by atoms with Gasteiger partial charge in [-0.15, -0.1) is 0 Å². The smallest absolute Gasteiger partial charge is 0.270 e. The van der Waals surface area contributed by atoms with Gasteiger partial charge in [-0.2, -0.15) is 5.10 Å². The third-order valence-electron chi connectivity index (χ3n) is 3.18. The second-order valence-corrected chi connectivity index (χ2v) is 6.13. The van der Waals surface area contributed by atoms with Crippen LogP contribution in [0.4, 0.5) is 5.69 Å². The third-order valence-corrected chi connectivity index (χ3v) is 3.71. The number of nitro groups is 1. The summed E-state index contributed by atoms with van der Waals surface area (Å²) in [6, 6.07) is 10.3. The van der Waals surface area contributed by atoms with Crippen molar-refractivity contribution in [2.24, 2.45) is 5.10 Å². The normalized spacial score (nSPS) is 10.5. The number of ether oxygens (including phenoxy) is 1. The number of amides is 2. The molecule has 2 N–H and O–H groups in total. The summed E-state index contributed by atoms with van der Waals surface area (Å²) >= 11 is 11.7. The predicted octanol–water partition coefficient (Wildman–Crippen LogP) is 2.55. The molecular formula is C17H14Cl2N4O5. The summed E-state index contributed by atoms with van der Waals surface area (Å²) in [4.78, 5) is 33.5. The van der Waals surface area contributed by atoms with E-state index in [0.717, 1.165) is 0 Å². The second kappa shape index (κ2) is 10.2. The van der Waals surface area contributed by atoms with Crippen molar-refractivity contribution in [3.63, 3.8) is 0 Å². The lowest BCUT2D eigenvalue weighted by molar-refractivity contribution is -0.384. The zero-order valence-corrected chi connectivity index (χ0v) is 15.7. The molecule has 9 nitrogen and oxygen atoms in total. The van der Waals surface area contributed by atoms with Crippen LogP contribution in [-0.2, 0) is 9.59 Å². The standard InChI is InChI=1S/C17H14Cl2N4O5/c18-12-4-5-15(14(19)7-12)28-10-17(25)20-9-16(24)22-21-8-11-2-1-3-13(6-11)23(26)27/h1-8H,9-10H2,(H,20,25)(H,22,24)/b21-8+. The van der Waals surface area contributed by atoms with E-state index in [2.05, 4.69) is 15.8 Å². The number of carbonyl (C=O) groups excluding carboxylic acids is 2. The van der Waals surface area contributed by atoms with E-state index < -0.39 is 16.7 Å². The van der Waals surface area contributed by atoms with Crippen LogP contribution >= 0.6 is 23.2 Å². The fraction of sp³-hybridized carbons (Fsp3) is 0.118. The van der Waals surface area contributed by atoms with Crippen molar-refractivity contribution in [1.29, 1.82) is 0 Å². The minimum absolute atomic E-state index is 0.0941. The molecule has 0 aromatic heterocycles. The van der Waals surface area contributed by atoms with E-state index in [0.29, 0.717) is 10.6 Å². The average molecular weight is 425 g/mol. The number of halogens is 2. The number of non-ortho nitro benzene ring substituents is 1. The van der Waals surface area contributed by atoms with Gasteiger partial charge in [-0.3, -0.25) is 19.7 Å². The molecule has 2 aromatic carbocycles. The van der Waals surface area contributed by atoms with Crippen LogP contribution in [0.5, 0.6) is 5.75 Å². The van der Waals surface area contributed by atoms with E-state index in [1.807, 2.05) is 0 Å². The minimum atomic E-state index is -0.584. The van der Waals surface area contributed by atoms with E-state index in [-0.39, 0.29) is 29.6 Å². The molecule has 0 atom stereocenters. The molecule has 0 heterocycles. The van der Waals surface area contributed by atoms with E-state index in [1.165, 1.54) is 36.5 Å². The first-order chi connectivity index (χ1) is 13.3. The maximum atomic E-state index is 11.7. The molecule has 11 heteroatoms. The summed E-state index contributed by atoms with van der Waals surface area (Å²) in [6.07, 6.45) is 1.25. The largest absolute Gasteiger partial charge is 0.482 e. The number of nitrogens with zero attached hydrogens (tertiary/aromatic N) is 2. The van der Waals surface area contributed by atoms with Gasteiger partial charge in [0.2, 0.25) is 0 Å². The number of hydrogen-bond donors (Lipinski definition) is 2. The Morgan fingerprint density at radius 1 is 1.18 bits per heavy atom. The van der Waals surface area contributed by atoms with Crippen LogP contribution in [0, 0.1) is 10.1 Å². The Balaban J connectivity index is 1.73. The molecule has 28 heavy (non-hydrogen) atoms. The van der Waals surface area contributed by atoms with E-state index in [9.17, 15) is 19.7 Å². The highest BCUT2D eigenvalue weighted by atomic mass is 35.5. The van der Waals surface area contributed by atoms with Crippen LogP contribution in [0.25, 0.3) is 0 Å². The maximum Gasteiger partial charge on any atom is 0.270 e. The van der Waals surface area contributed by atoms with E-state index in [4.69, 9.17) is 27.9 Å². The van der Waals surface area contributed by atoms with Gasteiger partial charge in [0.1, 0.15) is 5.75 Å².